The molecule has 12 aromatic rings. The summed E-state index contributed by atoms with van der Waals surface area (Å²) in [5.74, 6) is 0.659. The molecule has 57 heavy (non-hydrogen) atoms. The molecule has 0 amide bonds. The molecule has 0 unspecified atom stereocenters. The van der Waals surface area contributed by atoms with Crippen molar-refractivity contribution in [1.29, 1.82) is 0 Å². The van der Waals surface area contributed by atoms with Crippen molar-refractivity contribution < 1.29 is 8.83 Å². The molecule has 4 aromatic heterocycles. The van der Waals surface area contributed by atoms with Crippen LogP contribution in [0.15, 0.2) is 197 Å². The Hall–Kier alpha value is -7.76. The van der Waals surface area contributed by atoms with Gasteiger partial charge in [0.1, 0.15) is 28.0 Å². The van der Waals surface area contributed by atoms with Crippen molar-refractivity contribution in [3.05, 3.63) is 188 Å². The van der Waals surface area contributed by atoms with Crippen LogP contribution in [0.4, 0.5) is 0 Å². The predicted octanol–water partition coefficient (Wildman–Crippen LogP) is 14.0. The standard InChI is InChI=1S/C52H31N3O2/c1-4-13-32(14-5-1)48-51-49(54-52(53-48)33-15-6-2-7-16-33)43-31-36(25-28-47(43)57-51)38-20-12-21-40-42-30-35(24-27-46(42)56-50(38)40)34-23-26-45-41(29-34)39-19-10-11-22-44(39)55(45)37-17-8-3-9-18-37/h1-31H. The molecule has 0 saturated carbocycles. The maximum absolute atomic E-state index is 6.69. The lowest BCUT2D eigenvalue weighted by Gasteiger charge is -2.08. The van der Waals surface area contributed by atoms with Crippen LogP contribution in [-0.4, -0.2) is 14.5 Å². The lowest BCUT2D eigenvalue weighted by Crippen LogP contribution is -1.93. The van der Waals surface area contributed by atoms with Crippen LogP contribution in [0.25, 0.3) is 116 Å². The molecule has 12 rings (SSSR count). The first-order chi connectivity index (χ1) is 28.2. The summed E-state index contributed by atoms with van der Waals surface area (Å²) < 4.78 is 15.6. The fourth-order valence-corrected chi connectivity index (χ4v) is 8.53. The second-order valence-corrected chi connectivity index (χ2v) is 14.5. The summed E-state index contributed by atoms with van der Waals surface area (Å²) in [7, 11) is 0. The topological polar surface area (TPSA) is 57.0 Å². The van der Waals surface area contributed by atoms with Crippen LogP contribution in [0.2, 0.25) is 0 Å². The Labute approximate surface area is 326 Å². The Kier molecular flexibility index (Phi) is 6.86. The van der Waals surface area contributed by atoms with E-state index in [4.69, 9.17) is 18.8 Å². The summed E-state index contributed by atoms with van der Waals surface area (Å²) in [6.07, 6.45) is 0. The maximum Gasteiger partial charge on any atom is 0.180 e. The highest BCUT2D eigenvalue weighted by Crippen LogP contribution is 2.42. The number of nitrogens with zero attached hydrogens (tertiary/aromatic N) is 3. The molecule has 0 aliphatic carbocycles. The van der Waals surface area contributed by atoms with Gasteiger partial charge in [0, 0.05) is 49.3 Å². The number of fused-ring (bicyclic) bond motifs is 9. The maximum atomic E-state index is 6.69. The minimum absolute atomic E-state index is 0.659. The van der Waals surface area contributed by atoms with Crippen molar-refractivity contribution in [2.45, 2.75) is 0 Å². The second kappa shape index (κ2) is 12.4. The molecule has 0 fully saturated rings. The molecule has 0 aliphatic heterocycles. The monoisotopic (exact) mass is 729 g/mol. The summed E-state index contributed by atoms with van der Waals surface area (Å²) in [4.78, 5) is 10.1. The Morgan fingerprint density at radius 3 is 1.77 bits per heavy atom. The Bertz CT molecular complexity index is 3510. The third-order valence-electron chi connectivity index (χ3n) is 11.2. The Balaban J connectivity index is 0.995. The third-order valence-corrected chi connectivity index (χ3v) is 11.2. The number of hydrogen-bond donors (Lipinski definition) is 0. The smallest absolute Gasteiger partial charge is 0.180 e. The van der Waals surface area contributed by atoms with Gasteiger partial charge >= 0.3 is 0 Å². The van der Waals surface area contributed by atoms with Gasteiger partial charge in [-0.1, -0.05) is 133 Å². The first-order valence-electron chi connectivity index (χ1n) is 19.1. The quantitative estimate of drug-likeness (QED) is 0.177. The van der Waals surface area contributed by atoms with E-state index in [-0.39, 0.29) is 0 Å². The Morgan fingerprint density at radius 1 is 0.368 bits per heavy atom. The van der Waals surface area contributed by atoms with Gasteiger partial charge in [-0.3, -0.25) is 0 Å². The van der Waals surface area contributed by atoms with Gasteiger partial charge in [-0.05, 0) is 71.3 Å². The fraction of sp³-hybridized carbons (Fsp3) is 0. The molecule has 0 N–H and O–H groups in total. The molecule has 0 bridgehead atoms. The molecule has 266 valence electrons. The van der Waals surface area contributed by atoms with E-state index in [9.17, 15) is 0 Å². The zero-order valence-electron chi connectivity index (χ0n) is 30.6. The van der Waals surface area contributed by atoms with E-state index in [1.165, 1.54) is 21.8 Å². The summed E-state index contributed by atoms with van der Waals surface area (Å²) in [5.41, 5.74) is 14.5. The molecule has 8 aromatic carbocycles. The van der Waals surface area contributed by atoms with Crippen LogP contribution in [0.1, 0.15) is 0 Å². The van der Waals surface area contributed by atoms with Gasteiger partial charge in [0.25, 0.3) is 0 Å². The van der Waals surface area contributed by atoms with E-state index < -0.39 is 0 Å². The van der Waals surface area contributed by atoms with Crippen LogP contribution in [0.3, 0.4) is 0 Å². The largest absolute Gasteiger partial charge is 0.455 e. The number of furan rings is 2. The third kappa shape index (κ3) is 4.96. The highest BCUT2D eigenvalue weighted by molar-refractivity contribution is 6.14. The molecule has 0 spiro atoms. The van der Waals surface area contributed by atoms with Gasteiger partial charge in [0.15, 0.2) is 11.4 Å². The average molecular weight is 730 g/mol. The van der Waals surface area contributed by atoms with Crippen molar-refractivity contribution in [2.24, 2.45) is 0 Å². The zero-order valence-corrected chi connectivity index (χ0v) is 30.6. The second-order valence-electron chi connectivity index (χ2n) is 14.5. The van der Waals surface area contributed by atoms with E-state index in [1.807, 2.05) is 54.6 Å². The van der Waals surface area contributed by atoms with Crippen LogP contribution < -0.4 is 0 Å². The molecule has 5 heteroatoms. The Morgan fingerprint density at radius 2 is 0.965 bits per heavy atom. The van der Waals surface area contributed by atoms with Crippen molar-refractivity contribution in [2.75, 3.05) is 0 Å². The van der Waals surface area contributed by atoms with E-state index in [1.54, 1.807) is 0 Å². The summed E-state index contributed by atoms with van der Waals surface area (Å²) in [6, 6.07) is 65.6. The van der Waals surface area contributed by atoms with Crippen LogP contribution in [-0.2, 0) is 0 Å². The molecule has 5 nitrogen and oxygen atoms in total. The van der Waals surface area contributed by atoms with E-state index in [0.29, 0.717) is 11.4 Å². The van der Waals surface area contributed by atoms with Crippen LogP contribution >= 0.6 is 0 Å². The zero-order chi connectivity index (χ0) is 37.5. The minimum atomic E-state index is 0.659. The van der Waals surface area contributed by atoms with Gasteiger partial charge in [0.05, 0.1) is 11.0 Å². The lowest BCUT2D eigenvalue weighted by molar-refractivity contribution is 0.667. The van der Waals surface area contributed by atoms with Gasteiger partial charge in [-0.2, -0.15) is 0 Å². The number of rotatable bonds is 5. The van der Waals surface area contributed by atoms with Gasteiger partial charge < -0.3 is 13.4 Å². The van der Waals surface area contributed by atoms with Gasteiger partial charge in [-0.15, -0.1) is 0 Å². The molecule has 0 atom stereocenters. The number of para-hydroxylation sites is 3. The molecular formula is C52H31N3O2. The van der Waals surface area contributed by atoms with E-state index >= 15 is 0 Å². The predicted molar refractivity (Wildman–Crippen MR) is 233 cm³/mol. The SMILES string of the molecule is c1ccc(-c2nc(-c3ccccc3)c3oc4ccc(-c5cccc6c5oc5ccc(-c7ccc8c(c7)c7ccccc7n8-c7ccccc7)cc56)cc4c3n2)cc1. The van der Waals surface area contributed by atoms with Crippen LogP contribution in [0, 0.1) is 0 Å². The average Bonchev–Trinajstić information content (AvgIpc) is 3.96. The molecular weight excluding hydrogens is 699 g/mol. The number of aromatic nitrogens is 3. The molecule has 4 heterocycles. The first-order valence-corrected chi connectivity index (χ1v) is 19.1. The summed E-state index contributed by atoms with van der Waals surface area (Å²) >= 11 is 0. The van der Waals surface area contributed by atoms with Crippen molar-refractivity contribution in [3.8, 4) is 50.6 Å². The first kappa shape index (κ1) is 31.6. The fourth-order valence-electron chi connectivity index (χ4n) is 8.53. The van der Waals surface area contributed by atoms with Gasteiger partial charge in [-0.25, -0.2) is 9.97 Å². The van der Waals surface area contributed by atoms with Crippen molar-refractivity contribution >= 4 is 65.8 Å². The lowest BCUT2D eigenvalue weighted by atomic mass is 9.98. The highest BCUT2D eigenvalue weighted by Gasteiger charge is 2.20. The molecule has 0 saturated heterocycles. The van der Waals surface area contributed by atoms with E-state index in [0.717, 1.165) is 83.2 Å². The number of benzene rings is 8. The summed E-state index contributed by atoms with van der Waals surface area (Å²) in [6.45, 7) is 0. The van der Waals surface area contributed by atoms with Crippen molar-refractivity contribution in [1.82, 2.24) is 14.5 Å². The van der Waals surface area contributed by atoms with Gasteiger partial charge in [0.2, 0.25) is 0 Å². The minimum Gasteiger partial charge on any atom is -0.455 e. The molecule has 0 aliphatic rings. The van der Waals surface area contributed by atoms with Crippen LogP contribution in [0.5, 0.6) is 0 Å². The normalized spacial score (nSPS) is 11.9. The highest BCUT2D eigenvalue weighted by atomic mass is 16.3. The van der Waals surface area contributed by atoms with E-state index in [2.05, 4.69) is 138 Å². The molecule has 0 radical (unpaired) electrons. The van der Waals surface area contributed by atoms with Crippen molar-refractivity contribution in [3.63, 3.8) is 0 Å². The summed E-state index contributed by atoms with van der Waals surface area (Å²) in [5, 5.41) is 5.55. The number of hydrogen-bond acceptors (Lipinski definition) is 4.